The Morgan fingerprint density at radius 2 is 1.75 bits per heavy atom. The van der Waals surface area contributed by atoms with Crippen molar-refractivity contribution >= 4 is 0 Å². The van der Waals surface area contributed by atoms with E-state index in [1.54, 1.807) is 0 Å². The van der Waals surface area contributed by atoms with Crippen molar-refractivity contribution in [3.05, 3.63) is 0 Å². The van der Waals surface area contributed by atoms with Gasteiger partial charge in [-0.05, 0) is 45.7 Å². The average Bonchev–Trinajstić information content (AvgIpc) is 2.29. The molecule has 2 saturated heterocycles. The number of hydrogen-bond acceptors (Lipinski definition) is 2. The minimum absolute atomic E-state index is 0.855. The van der Waals surface area contributed by atoms with E-state index < -0.39 is 0 Å². The van der Waals surface area contributed by atoms with Crippen molar-refractivity contribution in [2.45, 2.75) is 37.8 Å². The second-order valence-electron chi connectivity index (χ2n) is 4.74. The summed E-state index contributed by atoms with van der Waals surface area (Å²) in [7, 11) is 4.37. The molecule has 1 N–H and O–H groups in total. The van der Waals surface area contributed by atoms with Crippen LogP contribution in [-0.2, 0) is 0 Å². The highest BCUT2D eigenvalue weighted by atomic mass is 15.1. The van der Waals surface area contributed by atoms with Crippen LogP contribution in [0.2, 0.25) is 0 Å². The number of rotatable bonds is 2. The van der Waals surface area contributed by atoms with E-state index in [1.165, 1.54) is 32.2 Å². The van der Waals surface area contributed by atoms with E-state index in [4.69, 9.17) is 0 Å². The van der Waals surface area contributed by atoms with Gasteiger partial charge in [-0.25, -0.2) is 0 Å². The van der Waals surface area contributed by atoms with Gasteiger partial charge in [-0.2, -0.15) is 0 Å². The summed E-state index contributed by atoms with van der Waals surface area (Å²) >= 11 is 0. The lowest BCUT2D eigenvalue weighted by Crippen LogP contribution is -2.40. The van der Waals surface area contributed by atoms with Gasteiger partial charge in [0.1, 0.15) is 0 Å². The Morgan fingerprint density at radius 1 is 1.17 bits per heavy atom. The number of fused-ring (bicyclic) bond motifs is 2. The normalized spacial score (nSPS) is 40.8. The lowest BCUT2D eigenvalue weighted by atomic mass is 9.92. The van der Waals surface area contributed by atoms with E-state index in [2.05, 4.69) is 24.3 Å². The van der Waals surface area contributed by atoms with Crippen LogP contribution in [0.1, 0.15) is 25.7 Å². The van der Waals surface area contributed by atoms with E-state index >= 15 is 0 Å². The largest absolute Gasteiger partial charge is 0.311 e. The van der Waals surface area contributed by atoms with Crippen LogP contribution >= 0.6 is 0 Å². The third kappa shape index (κ3) is 1.80. The monoisotopic (exact) mass is 168 g/mol. The van der Waals surface area contributed by atoms with Gasteiger partial charge in [-0.1, -0.05) is 0 Å². The van der Waals surface area contributed by atoms with Crippen LogP contribution in [0.3, 0.4) is 0 Å². The molecule has 0 aromatic heterocycles. The molecule has 70 valence electrons. The molecule has 2 aliphatic heterocycles. The molecule has 0 saturated carbocycles. The first-order valence-electron chi connectivity index (χ1n) is 5.15. The molecule has 0 aromatic rings. The summed E-state index contributed by atoms with van der Waals surface area (Å²) in [5.74, 6) is 0.957. The molecule has 0 aromatic carbocycles. The van der Waals surface area contributed by atoms with Crippen LogP contribution in [0.4, 0.5) is 0 Å². The van der Waals surface area contributed by atoms with Gasteiger partial charge in [0.25, 0.3) is 0 Å². The van der Waals surface area contributed by atoms with Gasteiger partial charge in [-0.15, -0.1) is 0 Å². The topological polar surface area (TPSA) is 15.3 Å². The van der Waals surface area contributed by atoms with Crippen LogP contribution in [0.15, 0.2) is 0 Å². The number of nitrogens with zero attached hydrogens (tertiary/aromatic N) is 1. The number of hydrogen-bond donors (Lipinski definition) is 1. The maximum absolute atomic E-state index is 3.67. The van der Waals surface area contributed by atoms with E-state index in [-0.39, 0.29) is 0 Å². The molecular formula is C10H20N2. The lowest BCUT2D eigenvalue weighted by molar-refractivity contribution is 0.235. The molecule has 2 heteroatoms. The summed E-state index contributed by atoms with van der Waals surface area (Å²) in [6, 6.07) is 1.71. The summed E-state index contributed by atoms with van der Waals surface area (Å²) in [4.78, 5) is 2.33. The molecule has 0 aliphatic carbocycles. The molecule has 2 bridgehead atoms. The van der Waals surface area contributed by atoms with Crippen LogP contribution in [0.25, 0.3) is 0 Å². The first kappa shape index (κ1) is 8.52. The van der Waals surface area contributed by atoms with Crippen molar-refractivity contribution in [1.29, 1.82) is 0 Å². The third-order valence-corrected chi connectivity index (χ3v) is 3.19. The van der Waals surface area contributed by atoms with Crippen molar-refractivity contribution in [2.24, 2.45) is 5.92 Å². The quantitative estimate of drug-likeness (QED) is 0.663. The molecule has 12 heavy (non-hydrogen) atoms. The molecule has 2 nitrogen and oxygen atoms in total. The zero-order valence-corrected chi connectivity index (χ0v) is 8.21. The molecule has 2 unspecified atom stereocenters. The SMILES string of the molecule is CN(C)CC1CC2CC[C@@H](C1)N2. The van der Waals surface area contributed by atoms with Crippen molar-refractivity contribution in [3.63, 3.8) is 0 Å². The predicted molar refractivity (Wildman–Crippen MR) is 51.2 cm³/mol. The summed E-state index contributed by atoms with van der Waals surface area (Å²) in [6.45, 7) is 1.29. The van der Waals surface area contributed by atoms with Crippen molar-refractivity contribution < 1.29 is 0 Å². The Morgan fingerprint density at radius 3 is 2.25 bits per heavy atom. The fourth-order valence-corrected chi connectivity index (χ4v) is 2.84. The first-order valence-corrected chi connectivity index (χ1v) is 5.15. The molecule has 0 spiro atoms. The molecule has 2 fully saturated rings. The van der Waals surface area contributed by atoms with Gasteiger partial charge >= 0.3 is 0 Å². The number of nitrogens with one attached hydrogen (secondary N) is 1. The van der Waals surface area contributed by atoms with Crippen LogP contribution in [0, 0.1) is 5.92 Å². The van der Waals surface area contributed by atoms with Crippen LogP contribution < -0.4 is 5.32 Å². The van der Waals surface area contributed by atoms with E-state index in [0.717, 1.165) is 18.0 Å². The van der Waals surface area contributed by atoms with Crippen LogP contribution in [-0.4, -0.2) is 37.6 Å². The highest BCUT2D eigenvalue weighted by Gasteiger charge is 2.33. The van der Waals surface area contributed by atoms with Gasteiger partial charge < -0.3 is 10.2 Å². The minimum Gasteiger partial charge on any atom is -0.311 e. The van der Waals surface area contributed by atoms with Gasteiger partial charge in [0.15, 0.2) is 0 Å². The Labute approximate surface area is 75.3 Å². The average molecular weight is 168 g/mol. The molecule has 2 aliphatic rings. The van der Waals surface area contributed by atoms with Gasteiger partial charge in [-0.3, -0.25) is 0 Å². The molecule has 0 amide bonds. The molecule has 3 atom stereocenters. The van der Waals surface area contributed by atoms with Crippen molar-refractivity contribution in [1.82, 2.24) is 10.2 Å². The molecule has 2 rings (SSSR count). The highest BCUT2D eigenvalue weighted by molar-refractivity contribution is 4.92. The second-order valence-corrected chi connectivity index (χ2v) is 4.74. The summed E-state index contributed by atoms with van der Waals surface area (Å²) in [6.07, 6.45) is 5.67. The Hall–Kier alpha value is -0.0800. The predicted octanol–water partition coefficient (Wildman–Crippen LogP) is 1.08. The van der Waals surface area contributed by atoms with Gasteiger partial charge in [0.05, 0.1) is 0 Å². The number of piperidine rings is 1. The van der Waals surface area contributed by atoms with E-state index in [9.17, 15) is 0 Å². The maximum Gasteiger partial charge on any atom is 0.00733 e. The van der Waals surface area contributed by atoms with Crippen molar-refractivity contribution in [2.75, 3.05) is 20.6 Å². The second kappa shape index (κ2) is 3.35. The zero-order valence-electron chi connectivity index (χ0n) is 8.21. The summed E-state index contributed by atoms with van der Waals surface area (Å²) in [5.41, 5.74) is 0. The minimum atomic E-state index is 0.855. The lowest BCUT2D eigenvalue weighted by Gasteiger charge is -2.30. The third-order valence-electron chi connectivity index (χ3n) is 3.19. The summed E-state index contributed by atoms with van der Waals surface area (Å²) < 4.78 is 0. The van der Waals surface area contributed by atoms with Gasteiger partial charge in [0, 0.05) is 18.6 Å². The fourth-order valence-electron chi connectivity index (χ4n) is 2.84. The summed E-state index contributed by atoms with van der Waals surface area (Å²) in [5, 5.41) is 3.67. The van der Waals surface area contributed by atoms with Crippen LogP contribution in [0.5, 0.6) is 0 Å². The molecule has 0 radical (unpaired) electrons. The Bertz CT molecular complexity index is 144. The highest BCUT2D eigenvalue weighted by Crippen LogP contribution is 2.30. The Kier molecular flexibility index (Phi) is 2.37. The van der Waals surface area contributed by atoms with Gasteiger partial charge in [0.2, 0.25) is 0 Å². The maximum atomic E-state index is 3.67. The molecule has 2 heterocycles. The zero-order chi connectivity index (χ0) is 8.55. The first-order chi connectivity index (χ1) is 5.74. The van der Waals surface area contributed by atoms with E-state index in [1.807, 2.05) is 0 Å². The molecular weight excluding hydrogens is 148 g/mol. The Balaban J connectivity index is 1.85. The smallest absolute Gasteiger partial charge is 0.00733 e. The van der Waals surface area contributed by atoms with Crippen molar-refractivity contribution in [3.8, 4) is 0 Å². The standard InChI is InChI=1S/C10H20N2/c1-12(2)7-8-5-9-3-4-10(6-8)11-9/h8-11H,3-7H2,1-2H3/t8?,9-,10?/m0/s1. The fraction of sp³-hybridized carbons (Fsp3) is 1.00. The van der Waals surface area contributed by atoms with E-state index in [0.29, 0.717) is 0 Å².